The summed E-state index contributed by atoms with van der Waals surface area (Å²) in [6.07, 6.45) is 0. The van der Waals surface area contributed by atoms with Gasteiger partial charge in [0.15, 0.2) is 17.5 Å². The maximum absolute atomic E-state index is 13.2. The smallest absolute Gasteiger partial charge is 0.267 e. The molecule has 2 heterocycles. The third-order valence-electron chi connectivity index (χ3n) is 3.20. The number of carbonyl (C=O) groups excluding carboxylic acids is 1. The van der Waals surface area contributed by atoms with Gasteiger partial charge < -0.3 is 5.32 Å². The van der Waals surface area contributed by atoms with Crippen LogP contribution in [0.25, 0.3) is 10.6 Å². The number of rotatable bonds is 4. The SMILES string of the molecule is O=C(Cn1nc(-c2cccs2)ccc1=O)Nc1cc(F)c(F)c(F)c1. The Labute approximate surface area is 143 Å². The lowest BCUT2D eigenvalue weighted by Gasteiger charge is -2.08. The molecule has 25 heavy (non-hydrogen) atoms. The molecular weight excluding hydrogens is 355 g/mol. The zero-order valence-corrected chi connectivity index (χ0v) is 13.3. The normalized spacial score (nSPS) is 10.7. The third-order valence-corrected chi connectivity index (χ3v) is 4.09. The van der Waals surface area contributed by atoms with Crippen molar-refractivity contribution in [1.29, 1.82) is 0 Å². The van der Waals surface area contributed by atoms with E-state index in [1.54, 1.807) is 0 Å². The second kappa shape index (κ2) is 6.89. The number of benzene rings is 1. The van der Waals surface area contributed by atoms with Crippen molar-refractivity contribution in [1.82, 2.24) is 9.78 Å². The van der Waals surface area contributed by atoms with Crippen LogP contribution in [0.5, 0.6) is 0 Å². The predicted molar refractivity (Wildman–Crippen MR) is 86.8 cm³/mol. The Bertz CT molecular complexity index is 964. The number of nitrogens with zero attached hydrogens (tertiary/aromatic N) is 2. The first-order valence-corrected chi connectivity index (χ1v) is 7.88. The molecule has 1 aromatic carbocycles. The summed E-state index contributed by atoms with van der Waals surface area (Å²) in [5, 5.41) is 8.13. The van der Waals surface area contributed by atoms with Gasteiger partial charge in [0.2, 0.25) is 5.91 Å². The second-order valence-electron chi connectivity index (χ2n) is 4.99. The molecule has 2 aromatic heterocycles. The Balaban J connectivity index is 1.79. The number of aromatic nitrogens is 2. The summed E-state index contributed by atoms with van der Waals surface area (Å²) in [4.78, 5) is 24.6. The highest BCUT2D eigenvalue weighted by atomic mass is 32.1. The first-order valence-electron chi connectivity index (χ1n) is 7.00. The zero-order chi connectivity index (χ0) is 18.0. The average molecular weight is 365 g/mol. The van der Waals surface area contributed by atoms with Crippen molar-refractivity contribution in [2.75, 3.05) is 5.32 Å². The summed E-state index contributed by atoms with van der Waals surface area (Å²) in [5.41, 5.74) is -0.253. The molecule has 0 bridgehead atoms. The van der Waals surface area contributed by atoms with Crippen LogP contribution in [0.1, 0.15) is 0 Å². The fraction of sp³-hybridized carbons (Fsp3) is 0.0625. The molecule has 0 unspecified atom stereocenters. The highest BCUT2D eigenvalue weighted by Gasteiger charge is 2.13. The minimum atomic E-state index is -1.63. The Hall–Kier alpha value is -2.94. The standard InChI is InChI=1S/C16H10F3N3O2S/c17-10-6-9(7-11(18)16(10)19)20-14(23)8-22-15(24)4-3-12(21-22)13-2-1-5-25-13/h1-7H,8H2,(H,20,23). The highest BCUT2D eigenvalue weighted by molar-refractivity contribution is 7.13. The van der Waals surface area contributed by atoms with Crippen LogP contribution in [0.15, 0.2) is 46.6 Å². The Morgan fingerprint density at radius 3 is 2.52 bits per heavy atom. The molecule has 0 saturated heterocycles. The van der Waals surface area contributed by atoms with Crippen molar-refractivity contribution in [3.05, 3.63) is 69.6 Å². The van der Waals surface area contributed by atoms with Gasteiger partial charge in [-0.1, -0.05) is 6.07 Å². The van der Waals surface area contributed by atoms with E-state index < -0.39 is 35.5 Å². The molecule has 9 heteroatoms. The lowest BCUT2D eigenvalue weighted by molar-refractivity contribution is -0.117. The van der Waals surface area contributed by atoms with Gasteiger partial charge in [-0.3, -0.25) is 9.59 Å². The van der Waals surface area contributed by atoms with Crippen molar-refractivity contribution >= 4 is 22.9 Å². The monoisotopic (exact) mass is 365 g/mol. The highest BCUT2D eigenvalue weighted by Crippen LogP contribution is 2.21. The number of carbonyl (C=O) groups is 1. The molecule has 0 spiro atoms. The summed E-state index contributed by atoms with van der Waals surface area (Å²) in [6, 6.07) is 7.73. The molecule has 3 rings (SSSR count). The molecule has 3 aromatic rings. The number of nitrogens with one attached hydrogen (secondary N) is 1. The molecule has 0 atom stereocenters. The van der Waals surface area contributed by atoms with Crippen LogP contribution in [0.3, 0.4) is 0 Å². The maximum atomic E-state index is 13.2. The van der Waals surface area contributed by atoms with Crippen LogP contribution in [0.4, 0.5) is 18.9 Å². The molecule has 0 radical (unpaired) electrons. The Morgan fingerprint density at radius 2 is 1.88 bits per heavy atom. The molecular formula is C16H10F3N3O2S. The van der Waals surface area contributed by atoms with Gasteiger partial charge in [-0.2, -0.15) is 5.10 Å². The topological polar surface area (TPSA) is 64.0 Å². The third kappa shape index (κ3) is 3.77. The van der Waals surface area contributed by atoms with Crippen LogP contribution < -0.4 is 10.9 Å². The summed E-state index contributed by atoms with van der Waals surface area (Å²) in [6.45, 7) is -0.460. The van der Waals surface area contributed by atoms with E-state index in [4.69, 9.17) is 0 Å². The molecule has 1 amide bonds. The van der Waals surface area contributed by atoms with Crippen molar-refractivity contribution < 1.29 is 18.0 Å². The number of amides is 1. The maximum Gasteiger partial charge on any atom is 0.267 e. The fourth-order valence-corrected chi connectivity index (χ4v) is 2.77. The van der Waals surface area contributed by atoms with Crippen LogP contribution in [0, 0.1) is 17.5 Å². The molecule has 0 aliphatic carbocycles. The minimum Gasteiger partial charge on any atom is -0.324 e. The number of anilines is 1. The molecule has 0 aliphatic heterocycles. The lowest BCUT2D eigenvalue weighted by atomic mass is 10.3. The lowest BCUT2D eigenvalue weighted by Crippen LogP contribution is -2.29. The van der Waals surface area contributed by atoms with Crippen LogP contribution in [-0.2, 0) is 11.3 Å². The van der Waals surface area contributed by atoms with E-state index >= 15 is 0 Å². The first-order chi connectivity index (χ1) is 11.9. The summed E-state index contributed by atoms with van der Waals surface area (Å²) < 4.78 is 40.2. The summed E-state index contributed by atoms with van der Waals surface area (Å²) >= 11 is 1.42. The quantitative estimate of drug-likeness (QED) is 0.723. The molecule has 0 aliphatic rings. The van der Waals surface area contributed by atoms with Gasteiger partial charge in [-0.15, -0.1) is 11.3 Å². The molecule has 5 nitrogen and oxygen atoms in total. The van der Waals surface area contributed by atoms with Gasteiger partial charge in [0, 0.05) is 23.9 Å². The Morgan fingerprint density at radius 1 is 1.16 bits per heavy atom. The van der Waals surface area contributed by atoms with E-state index in [0.717, 1.165) is 9.56 Å². The molecule has 1 N–H and O–H groups in total. The largest absolute Gasteiger partial charge is 0.324 e. The second-order valence-corrected chi connectivity index (χ2v) is 5.94. The summed E-state index contributed by atoms with van der Waals surface area (Å²) in [5.74, 6) is -5.21. The Kier molecular flexibility index (Phi) is 4.66. The number of halogens is 3. The van der Waals surface area contributed by atoms with Crippen molar-refractivity contribution in [3.63, 3.8) is 0 Å². The van der Waals surface area contributed by atoms with Gasteiger partial charge in [0.1, 0.15) is 12.2 Å². The number of hydrogen-bond acceptors (Lipinski definition) is 4. The molecule has 0 saturated carbocycles. The van der Waals surface area contributed by atoms with E-state index in [9.17, 15) is 22.8 Å². The molecule has 0 fully saturated rings. The zero-order valence-electron chi connectivity index (χ0n) is 12.5. The van der Waals surface area contributed by atoms with Gasteiger partial charge in [0.25, 0.3) is 5.56 Å². The molecule has 128 valence electrons. The predicted octanol–water partition coefficient (Wildman–Crippen LogP) is 3.03. The van der Waals surface area contributed by atoms with Crippen molar-refractivity contribution in [3.8, 4) is 10.6 Å². The van der Waals surface area contributed by atoms with Crippen LogP contribution in [0.2, 0.25) is 0 Å². The van der Waals surface area contributed by atoms with Crippen LogP contribution in [-0.4, -0.2) is 15.7 Å². The average Bonchev–Trinajstić information content (AvgIpc) is 3.09. The first kappa shape index (κ1) is 16.9. The van der Waals surface area contributed by atoms with Crippen LogP contribution >= 0.6 is 11.3 Å². The van der Waals surface area contributed by atoms with E-state index in [1.165, 1.54) is 23.5 Å². The van der Waals surface area contributed by atoms with Crippen molar-refractivity contribution in [2.45, 2.75) is 6.54 Å². The van der Waals surface area contributed by atoms with Gasteiger partial charge >= 0.3 is 0 Å². The number of thiophene rings is 1. The van der Waals surface area contributed by atoms with Gasteiger partial charge in [0.05, 0.1) is 4.88 Å². The van der Waals surface area contributed by atoms with Gasteiger partial charge in [-0.05, 0) is 17.5 Å². The fourth-order valence-electron chi connectivity index (χ4n) is 2.08. The van der Waals surface area contributed by atoms with E-state index in [-0.39, 0.29) is 5.69 Å². The van der Waals surface area contributed by atoms with Gasteiger partial charge in [-0.25, -0.2) is 17.9 Å². The van der Waals surface area contributed by atoms with E-state index in [1.807, 2.05) is 17.5 Å². The van der Waals surface area contributed by atoms with Crippen molar-refractivity contribution in [2.24, 2.45) is 0 Å². The van der Waals surface area contributed by atoms with E-state index in [0.29, 0.717) is 17.8 Å². The van der Waals surface area contributed by atoms with E-state index in [2.05, 4.69) is 10.4 Å². The summed E-state index contributed by atoms with van der Waals surface area (Å²) in [7, 11) is 0. The number of hydrogen-bond donors (Lipinski definition) is 1. The minimum absolute atomic E-state index is 0.260.